The molecule has 0 fully saturated rings. The summed E-state index contributed by atoms with van der Waals surface area (Å²) in [6, 6.07) is 28.3. The van der Waals surface area contributed by atoms with Gasteiger partial charge in [0.1, 0.15) is 0 Å². The molecular formula is C38H20Cl6N4. The van der Waals surface area contributed by atoms with E-state index in [4.69, 9.17) is 79.6 Å². The fourth-order valence-corrected chi connectivity index (χ4v) is 7.54. The Morgan fingerprint density at radius 3 is 1.29 bits per heavy atom. The average Bonchev–Trinajstić information content (AvgIpc) is 3.83. The molecule has 0 unspecified atom stereocenters. The molecule has 3 aromatic heterocycles. The molecule has 0 amide bonds. The summed E-state index contributed by atoms with van der Waals surface area (Å²) in [4.78, 5) is 13.4. The normalized spacial score (nSPS) is 12.2. The Morgan fingerprint density at radius 2 is 0.854 bits per heavy atom. The monoisotopic (exact) mass is 742 g/mol. The molecule has 8 bridgehead atoms. The summed E-state index contributed by atoms with van der Waals surface area (Å²) in [6.07, 6.45) is 7.88. The first kappa shape index (κ1) is 31.3. The molecule has 0 saturated carbocycles. The van der Waals surface area contributed by atoms with Crippen molar-refractivity contribution < 1.29 is 0 Å². The lowest BCUT2D eigenvalue weighted by Crippen LogP contribution is -1.96. The molecule has 2 aliphatic heterocycles. The third-order valence-electron chi connectivity index (χ3n) is 8.07. The Hall–Kier alpha value is -4.00. The SMILES string of the molecule is Clc1ccc(-c2c(-c3ccc(Cl)cc3Cl)c3cc4nc(cc5ccc(cc6nc(cc2n3-c2ccc(Cl)cc2Cl)C=C6)[nH]5)C=C4)c(Cl)c1. The molecule has 0 saturated heterocycles. The van der Waals surface area contributed by atoms with Crippen LogP contribution in [-0.4, -0.2) is 19.5 Å². The summed E-state index contributed by atoms with van der Waals surface area (Å²) in [6.45, 7) is 0. The summed E-state index contributed by atoms with van der Waals surface area (Å²) in [5.74, 6) is 0. The lowest BCUT2D eigenvalue weighted by atomic mass is 9.96. The number of hydrogen-bond acceptors (Lipinski definition) is 2. The van der Waals surface area contributed by atoms with Crippen LogP contribution < -0.4 is 0 Å². The summed E-state index contributed by atoms with van der Waals surface area (Å²) in [7, 11) is 0. The number of rotatable bonds is 3. The van der Waals surface area contributed by atoms with Crippen LogP contribution in [-0.2, 0) is 0 Å². The van der Waals surface area contributed by atoms with Crippen LogP contribution in [0.1, 0.15) is 22.8 Å². The smallest absolute Gasteiger partial charge is 0.0661 e. The zero-order chi connectivity index (χ0) is 33.1. The number of H-pyrrole nitrogens is 1. The summed E-state index contributed by atoms with van der Waals surface area (Å²) in [5.41, 5.74) is 10.0. The molecule has 3 aromatic carbocycles. The molecule has 0 spiro atoms. The highest BCUT2D eigenvalue weighted by atomic mass is 35.5. The molecule has 1 N–H and O–H groups in total. The number of nitrogens with one attached hydrogen (secondary N) is 1. The molecule has 2 aliphatic rings. The van der Waals surface area contributed by atoms with Gasteiger partial charge < -0.3 is 9.55 Å². The highest BCUT2D eigenvalue weighted by Gasteiger charge is 2.25. The van der Waals surface area contributed by atoms with E-state index in [-0.39, 0.29) is 0 Å². The number of hydrogen-bond donors (Lipinski definition) is 1. The van der Waals surface area contributed by atoms with Gasteiger partial charge in [-0.3, -0.25) is 0 Å². The summed E-state index contributed by atoms with van der Waals surface area (Å²) < 4.78 is 2.07. The fraction of sp³-hybridized carbons (Fsp3) is 0. The van der Waals surface area contributed by atoms with Crippen molar-refractivity contribution in [2.45, 2.75) is 0 Å². The van der Waals surface area contributed by atoms with E-state index in [9.17, 15) is 0 Å². The van der Waals surface area contributed by atoms with Gasteiger partial charge in [0.05, 0.1) is 44.5 Å². The third kappa shape index (κ3) is 5.83. The molecule has 234 valence electrons. The van der Waals surface area contributed by atoms with Gasteiger partial charge in [-0.05, 0) is 103 Å². The lowest BCUT2D eigenvalue weighted by molar-refractivity contribution is 1.17. The minimum atomic E-state index is 0.439. The maximum Gasteiger partial charge on any atom is 0.0661 e. The van der Waals surface area contributed by atoms with Gasteiger partial charge in [0, 0.05) is 58.4 Å². The standard InChI is InChI=1S/C38H20Cl6N4/c39-20-1-10-29(31(42)13-20)37-35-18-27-8-6-25(46-27)16-23-4-5-24(45-23)17-26-7-9-28(47-26)19-36(38(37)30-11-2-21(40)14-32(30)43)48(35)34-12-3-22(41)15-33(34)44/h1-19,45H. The Balaban J connectivity index is 1.66. The lowest BCUT2D eigenvalue weighted by Gasteiger charge is -2.11. The topological polar surface area (TPSA) is 46.5 Å². The van der Waals surface area contributed by atoms with Crippen molar-refractivity contribution in [3.05, 3.63) is 144 Å². The minimum absolute atomic E-state index is 0.439. The highest BCUT2D eigenvalue weighted by Crippen LogP contribution is 2.48. The number of nitrogens with zero attached hydrogens (tertiary/aromatic N) is 3. The second kappa shape index (κ2) is 12.5. The van der Waals surface area contributed by atoms with Gasteiger partial charge in [0.15, 0.2) is 0 Å². The van der Waals surface area contributed by atoms with Crippen LogP contribution in [0.3, 0.4) is 0 Å². The van der Waals surface area contributed by atoms with Crippen molar-refractivity contribution in [2.24, 2.45) is 0 Å². The van der Waals surface area contributed by atoms with Gasteiger partial charge in [-0.1, -0.05) is 81.7 Å². The van der Waals surface area contributed by atoms with E-state index in [0.717, 1.165) is 67.1 Å². The van der Waals surface area contributed by atoms with Crippen LogP contribution >= 0.6 is 69.6 Å². The quantitative estimate of drug-likeness (QED) is 0.196. The van der Waals surface area contributed by atoms with Gasteiger partial charge >= 0.3 is 0 Å². The van der Waals surface area contributed by atoms with E-state index in [2.05, 4.69) is 9.55 Å². The van der Waals surface area contributed by atoms with Crippen molar-refractivity contribution >= 4 is 116 Å². The molecule has 0 aliphatic carbocycles. The largest absolute Gasteiger partial charge is 0.355 e. The molecule has 8 rings (SSSR count). The predicted octanol–water partition coefficient (Wildman–Crippen LogP) is 13.4. The second-order valence-electron chi connectivity index (χ2n) is 11.2. The van der Waals surface area contributed by atoms with Crippen LogP contribution in [0.25, 0.3) is 74.3 Å². The van der Waals surface area contributed by atoms with Crippen LogP contribution in [0.4, 0.5) is 0 Å². The molecule has 0 atom stereocenters. The minimum Gasteiger partial charge on any atom is -0.355 e. The highest BCUT2D eigenvalue weighted by molar-refractivity contribution is 6.39. The molecule has 0 radical (unpaired) electrons. The van der Waals surface area contributed by atoms with Gasteiger partial charge in [-0.2, -0.15) is 0 Å². The Labute approximate surface area is 305 Å². The van der Waals surface area contributed by atoms with Gasteiger partial charge in [0.2, 0.25) is 0 Å². The Morgan fingerprint density at radius 1 is 0.438 bits per heavy atom. The fourth-order valence-electron chi connectivity index (χ4n) is 6.04. The van der Waals surface area contributed by atoms with Crippen molar-refractivity contribution in [3.63, 3.8) is 0 Å². The number of aromatic amines is 1. The number of benzene rings is 3. The molecular weight excluding hydrogens is 725 g/mol. The van der Waals surface area contributed by atoms with Gasteiger partial charge in [0.25, 0.3) is 0 Å². The van der Waals surface area contributed by atoms with E-state index in [1.807, 2.05) is 91.0 Å². The van der Waals surface area contributed by atoms with E-state index in [1.165, 1.54) is 0 Å². The van der Waals surface area contributed by atoms with Crippen molar-refractivity contribution in [2.75, 3.05) is 0 Å². The molecule has 48 heavy (non-hydrogen) atoms. The predicted molar refractivity (Wildman–Crippen MR) is 205 cm³/mol. The van der Waals surface area contributed by atoms with E-state index in [0.29, 0.717) is 35.8 Å². The molecule has 6 aromatic rings. The summed E-state index contributed by atoms with van der Waals surface area (Å²) >= 11 is 40.3. The van der Waals surface area contributed by atoms with Crippen LogP contribution in [0, 0.1) is 0 Å². The van der Waals surface area contributed by atoms with Crippen LogP contribution in [0.5, 0.6) is 0 Å². The first-order valence-corrected chi connectivity index (χ1v) is 17.0. The average molecular weight is 745 g/mol. The molecule has 4 nitrogen and oxygen atoms in total. The number of halogens is 6. The van der Waals surface area contributed by atoms with Crippen molar-refractivity contribution in [1.29, 1.82) is 0 Å². The molecule has 10 heteroatoms. The molecule has 5 heterocycles. The van der Waals surface area contributed by atoms with E-state index in [1.54, 1.807) is 24.3 Å². The second-order valence-corrected chi connectivity index (χ2v) is 13.8. The zero-order valence-corrected chi connectivity index (χ0v) is 29.1. The number of fused-ring (bicyclic) bond motifs is 8. The van der Waals surface area contributed by atoms with E-state index >= 15 is 0 Å². The third-order valence-corrected chi connectivity index (χ3v) is 9.70. The first-order valence-electron chi connectivity index (χ1n) is 14.7. The maximum atomic E-state index is 7.02. The summed E-state index contributed by atoms with van der Waals surface area (Å²) in [5, 5.41) is 2.87. The van der Waals surface area contributed by atoms with Crippen LogP contribution in [0.2, 0.25) is 30.1 Å². The van der Waals surface area contributed by atoms with Gasteiger partial charge in [-0.15, -0.1) is 0 Å². The zero-order valence-electron chi connectivity index (χ0n) is 24.6. The van der Waals surface area contributed by atoms with Crippen LogP contribution in [0.15, 0.2) is 91.0 Å². The van der Waals surface area contributed by atoms with E-state index < -0.39 is 0 Å². The van der Waals surface area contributed by atoms with Crippen molar-refractivity contribution in [3.8, 4) is 27.9 Å². The number of aromatic nitrogens is 4. The van der Waals surface area contributed by atoms with Gasteiger partial charge in [-0.25, -0.2) is 9.97 Å². The Bertz CT molecular complexity index is 2400. The Kier molecular flexibility index (Phi) is 8.12. The van der Waals surface area contributed by atoms with Crippen molar-refractivity contribution in [1.82, 2.24) is 19.5 Å². The first-order chi connectivity index (χ1) is 23.2. The maximum absolute atomic E-state index is 7.02.